The minimum absolute atomic E-state index is 0.172. The van der Waals surface area contributed by atoms with Crippen molar-refractivity contribution in [2.45, 2.75) is 46.0 Å². The van der Waals surface area contributed by atoms with Gasteiger partial charge >= 0.3 is 0 Å². The highest BCUT2D eigenvalue weighted by Gasteiger charge is 2.20. The van der Waals surface area contributed by atoms with Crippen molar-refractivity contribution >= 4 is 11.9 Å². The van der Waals surface area contributed by atoms with Crippen LogP contribution in [0.4, 0.5) is 0 Å². The number of guanidine groups is 1. The first-order valence-electron chi connectivity index (χ1n) is 9.48. The first kappa shape index (κ1) is 20.7. The van der Waals surface area contributed by atoms with Gasteiger partial charge in [0.15, 0.2) is 5.96 Å². The van der Waals surface area contributed by atoms with Gasteiger partial charge in [0.2, 0.25) is 5.91 Å². The van der Waals surface area contributed by atoms with E-state index < -0.39 is 0 Å². The first-order valence-corrected chi connectivity index (χ1v) is 9.48. The quantitative estimate of drug-likeness (QED) is 0.394. The summed E-state index contributed by atoms with van der Waals surface area (Å²) in [7, 11) is 4.26. The zero-order chi connectivity index (χ0) is 17.8. The summed E-state index contributed by atoms with van der Waals surface area (Å²) in [5.41, 5.74) is 0. The lowest BCUT2D eigenvalue weighted by atomic mass is 10.1. The van der Waals surface area contributed by atoms with E-state index >= 15 is 0 Å². The van der Waals surface area contributed by atoms with Gasteiger partial charge in [0, 0.05) is 46.2 Å². The molecule has 1 heterocycles. The Morgan fingerprint density at radius 1 is 1.00 bits per heavy atom. The molecule has 1 fully saturated rings. The molecule has 6 nitrogen and oxygen atoms in total. The summed E-state index contributed by atoms with van der Waals surface area (Å²) in [6, 6.07) is 0. The van der Waals surface area contributed by atoms with Crippen LogP contribution in [-0.4, -0.2) is 86.5 Å². The normalized spacial score (nSPS) is 16.0. The van der Waals surface area contributed by atoms with Crippen LogP contribution < -0.4 is 5.32 Å². The SMILES string of the molecule is CCNC(=NCCCCCCCN(C)C)N1CCN(C(C)=O)CC1. The highest BCUT2D eigenvalue weighted by Crippen LogP contribution is 2.05. The maximum absolute atomic E-state index is 11.4. The van der Waals surface area contributed by atoms with Crippen molar-refractivity contribution in [1.82, 2.24) is 20.0 Å². The largest absolute Gasteiger partial charge is 0.357 e. The van der Waals surface area contributed by atoms with E-state index in [1.807, 2.05) is 4.90 Å². The highest BCUT2D eigenvalue weighted by molar-refractivity contribution is 5.80. The van der Waals surface area contributed by atoms with Crippen molar-refractivity contribution in [3.8, 4) is 0 Å². The molecule has 24 heavy (non-hydrogen) atoms. The molecule has 0 saturated carbocycles. The Morgan fingerprint density at radius 2 is 1.58 bits per heavy atom. The Kier molecular flexibility index (Phi) is 10.5. The van der Waals surface area contributed by atoms with Gasteiger partial charge in [-0.1, -0.05) is 19.3 Å². The second-order valence-electron chi connectivity index (χ2n) is 6.80. The lowest BCUT2D eigenvalue weighted by Gasteiger charge is -2.36. The van der Waals surface area contributed by atoms with E-state index in [9.17, 15) is 4.79 Å². The van der Waals surface area contributed by atoms with Crippen LogP contribution in [0, 0.1) is 0 Å². The molecule has 1 aliphatic heterocycles. The maximum Gasteiger partial charge on any atom is 0.219 e. The second kappa shape index (κ2) is 12.1. The second-order valence-corrected chi connectivity index (χ2v) is 6.80. The standard InChI is InChI=1S/C18H37N5O/c1-5-19-18(23-15-13-22(14-16-23)17(2)24)20-11-9-7-6-8-10-12-21(3)4/h5-16H2,1-4H3,(H,19,20). The predicted octanol–water partition coefficient (Wildman–Crippen LogP) is 1.63. The number of aliphatic imine (C=N–C) groups is 1. The molecule has 6 heteroatoms. The summed E-state index contributed by atoms with van der Waals surface area (Å²) in [4.78, 5) is 22.6. The number of unbranched alkanes of at least 4 members (excludes halogenated alkanes) is 4. The molecule has 0 bridgehead atoms. The van der Waals surface area contributed by atoms with Crippen molar-refractivity contribution in [2.75, 3.05) is 59.9 Å². The molecule has 140 valence electrons. The Morgan fingerprint density at radius 3 is 2.17 bits per heavy atom. The minimum Gasteiger partial charge on any atom is -0.357 e. The van der Waals surface area contributed by atoms with E-state index in [-0.39, 0.29) is 5.91 Å². The predicted molar refractivity (Wildman–Crippen MR) is 101 cm³/mol. The van der Waals surface area contributed by atoms with Crippen molar-refractivity contribution in [3.63, 3.8) is 0 Å². The molecule has 0 atom stereocenters. The number of carbonyl (C=O) groups excluding carboxylic acids is 1. The van der Waals surface area contributed by atoms with Crippen LogP contribution in [0.5, 0.6) is 0 Å². The molecular formula is C18H37N5O. The van der Waals surface area contributed by atoms with Crippen LogP contribution in [0.3, 0.4) is 0 Å². The van der Waals surface area contributed by atoms with E-state index in [4.69, 9.17) is 4.99 Å². The molecule has 1 aliphatic rings. The van der Waals surface area contributed by atoms with E-state index in [2.05, 4.69) is 36.1 Å². The highest BCUT2D eigenvalue weighted by atomic mass is 16.2. The number of hydrogen-bond donors (Lipinski definition) is 1. The number of hydrogen-bond acceptors (Lipinski definition) is 3. The van der Waals surface area contributed by atoms with Gasteiger partial charge in [0.05, 0.1) is 0 Å². The van der Waals surface area contributed by atoms with Crippen molar-refractivity contribution in [3.05, 3.63) is 0 Å². The van der Waals surface area contributed by atoms with Crippen molar-refractivity contribution < 1.29 is 4.79 Å². The Labute approximate surface area is 148 Å². The monoisotopic (exact) mass is 339 g/mol. The molecule has 0 aromatic carbocycles. The van der Waals surface area contributed by atoms with E-state index in [1.165, 1.54) is 32.2 Å². The Bertz CT molecular complexity index is 376. The average molecular weight is 340 g/mol. The number of rotatable bonds is 9. The molecule has 0 aromatic heterocycles. The Balaban J connectivity index is 2.24. The zero-order valence-electron chi connectivity index (χ0n) is 16.2. The topological polar surface area (TPSA) is 51.2 Å². The van der Waals surface area contributed by atoms with Gasteiger partial charge in [-0.3, -0.25) is 9.79 Å². The molecule has 0 spiro atoms. The molecule has 0 unspecified atom stereocenters. The van der Waals surface area contributed by atoms with Crippen LogP contribution in [-0.2, 0) is 4.79 Å². The van der Waals surface area contributed by atoms with Gasteiger partial charge in [-0.05, 0) is 40.4 Å². The summed E-state index contributed by atoms with van der Waals surface area (Å²) in [6.45, 7) is 10.1. The third-order valence-electron chi connectivity index (χ3n) is 4.38. The van der Waals surface area contributed by atoms with Crippen LogP contribution >= 0.6 is 0 Å². The lowest BCUT2D eigenvalue weighted by molar-refractivity contribution is -0.130. The van der Waals surface area contributed by atoms with Crippen LogP contribution in [0.2, 0.25) is 0 Å². The molecular weight excluding hydrogens is 302 g/mol. The molecule has 1 rings (SSSR count). The third-order valence-corrected chi connectivity index (χ3v) is 4.38. The van der Waals surface area contributed by atoms with Crippen LogP contribution in [0.15, 0.2) is 4.99 Å². The third kappa shape index (κ3) is 8.52. The summed E-state index contributed by atoms with van der Waals surface area (Å²) < 4.78 is 0. The van der Waals surface area contributed by atoms with Crippen LogP contribution in [0.1, 0.15) is 46.0 Å². The zero-order valence-corrected chi connectivity index (χ0v) is 16.2. The smallest absolute Gasteiger partial charge is 0.219 e. The maximum atomic E-state index is 11.4. The molecule has 1 N–H and O–H groups in total. The van der Waals surface area contributed by atoms with Gasteiger partial charge in [-0.25, -0.2) is 0 Å². The fourth-order valence-electron chi connectivity index (χ4n) is 2.91. The lowest BCUT2D eigenvalue weighted by Crippen LogP contribution is -2.53. The van der Waals surface area contributed by atoms with E-state index in [1.54, 1.807) is 6.92 Å². The van der Waals surface area contributed by atoms with E-state index in [0.29, 0.717) is 0 Å². The average Bonchev–Trinajstić information content (AvgIpc) is 2.56. The van der Waals surface area contributed by atoms with Crippen molar-refractivity contribution in [2.24, 2.45) is 4.99 Å². The van der Waals surface area contributed by atoms with Crippen molar-refractivity contribution in [1.29, 1.82) is 0 Å². The summed E-state index contributed by atoms with van der Waals surface area (Å²) in [6.07, 6.45) is 6.32. The molecule has 1 saturated heterocycles. The summed E-state index contributed by atoms with van der Waals surface area (Å²) in [5.74, 6) is 1.18. The number of nitrogens with zero attached hydrogens (tertiary/aromatic N) is 4. The van der Waals surface area contributed by atoms with E-state index in [0.717, 1.165) is 51.6 Å². The summed E-state index contributed by atoms with van der Waals surface area (Å²) >= 11 is 0. The van der Waals surface area contributed by atoms with Crippen LogP contribution in [0.25, 0.3) is 0 Å². The summed E-state index contributed by atoms with van der Waals surface area (Å²) in [5, 5.41) is 3.39. The van der Waals surface area contributed by atoms with Gasteiger partial charge in [-0.2, -0.15) is 0 Å². The molecule has 1 amide bonds. The molecule has 0 radical (unpaired) electrons. The van der Waals surface area contributed by atoms with Gasteiger partial charge in [-0.15, -0.1) is 0 Å². The van der Waals surface area contributed by atoms with Gasteiger partial charge in [0.1, 0.15) is 0 Å². The number of nitrogens with one attached hydrogen (secondary N) is 1. The van der Waals surface area contributed by atoms with Gasteiger partial charge in [0.25, 0.3) is 0 Å². The fraction of sp³-hybridized carbons (Fsp3) is 0.889. The molecule has 0 aliphatic carbocycles. The number of amides is 1. The molecule has 0 aromatic rings. The number of carbonyl (C=O) groups is 1. The number of piperazine rings is 1. The first-order chi connectivity index (χ1) is 11.5. The fourth-order valence-corrected chi connectivity index (χ4v) is 2.91. The Hall–Kier alpha value is -1.30. The van der Waals surface area contributed by atoms with Gasteiger partial charge < -0.3 is 20.0 Å². The minimum atomic E-state index is 0.172.